The molecule has 0 atom stereocenters. The van der Waals surface area contributed by atoms with Crippen molar-refractivity contribution >= 4 is 23.2 Å². The zero-order valence-electron chi connectivity index (χ0n) is 17.4. The van der Waals surface area contributed by atoms with Crippen LogP contribution in [0.5, 0.6) is 5.75 Å². The van der Waals surface area contributed by atoms with E-state index >= 15 is 0 Å². The number of carbonyl (C=O) groups is 1. The van der Waals surface area contributed by atoms with Gasteiger partial charge in [-0.2, -0.15) is 0 Å². The highest BCUT2D eigenvalue weighted by atomic mass is 16.5. The van der Waals surface area contributed by atoms with E-state index in [4.69, 9.17) is 14.6 Å². The van der Waals surface area contributed by atoms with Gasteiger partial charge in [0.1, 0.15) is 18.2 Å². The molecule has 0 unspecified atom stereocenters. The Labute approximate surface area is 172 Å². The van der Waals surface area contributed by atoms with Gasteiger partial charge in [0, 0.05) is 24.9 Å². The molecule has 6 nitrogen and oxygen atoms in total. The van der Waals surface area contributed by atoms with E-state index in [2.05, 4.69) is 16.8 Å². The number of benzene rings is 2. The van der Waals surface area contributed by atoms with Gasteiger partial charge in [0.2, 0.25) is 0 Å². The molecule has 2 aromatic rings. The Balaban J connectivity index is 2.25. The topological polar surface area (TPSA) is 71.4 Å². The number of hydrogen-bond donors (Lipinski definition) is 1. The fourth-order valence-corrected chi connectivity index (χ4v) is 2.97. The molecule has 0 fully saturated rings. The van der Waals surface area contributed by atoms with Crippen LogP contribution in [-0.4, -0.2) is 48.7 Å². The average Bonchev–Trinajstić information content (AvgIpc) is 2.72. The summed E-state index contributed by atoms with van der Waals surface area (Å²) in [6, 6.07) is 14.5. The molecule has 2 rings (SSSR count). The number of methoxy groups -OCH3 is 1. The van der Waals surface area contributed by atoms with Gasteiger partial charge in [-0.05, 0) is 57.2 Å². The highest BCUT2D eigenvalue weighted by Gasteiger charge is 2.13. The normalized spacial score (nSPS) is 12.0. The lowest BCUT2D eigenvalue weighted by molar-refractivity contribution is 0.0697. The van der Waals surface area contributed by atoms with Gasteiger partial charge < -0.3 is 19.5 Å². The van der Waals surface area contributed by atoms with Gasteiger partial charge in [-0.3, -0.25) is 0 Å². The number of aromatic carboxylic acids is 1. The van der Waals surface area contributed by atoms with E-state index in [1.54, 1.807) is 31.4 Å². The number of ether oxygens (including phenoxy) is 2. The molecular weight excluding hydrogens is 368 g/mol. The van der Waals surface area contributed by atoms with Gasteiger partial charge in [0.15, 0.2) is 0 Å². The maximum absolute atomic E-state index is 11.0. The Morgan fingerprint density at radius 3 is 2.45 bits per heavy atom. The van der Waals surface area contributed by atoms with Crippen molar-refractivity contribution in [3.63, 3.8) is 0 Å². The quantitative estimate of drug-likeness (QED) is 0.373. The van der Waals surface area contributed by atoms with Gasteiger partial charge in [0.05, 0.1) is 17.9 Å². The summed E-state index contributed by atoms with van der Waals surface area (Å²) in [4.78, 5) is 17.8. The Hall–Kier alpha value is -3.12. The molecule has 0 spiro atoms. The molecule has 6 heteroatoms. The van der Waals surface area contributed by atoms with E-state index in [-0.39, 0.29) is 5.56 Å². The molecule has 0 aliphatic carbocycles. The maximum atomic E-state index is 11.0. The van der Waals surface area contributed by atoms with Gasteiger partial charge in [-0.15, -0.1) is 0 Å². The lowest BCUT2D eigenvalue weighted by atomic mass is 10.1. The zero-order chi connectivity index (χ0) is 21.2. The summed E-state index contributed by atoms with van der Waals surface area (Å²) in [6.45, 7) is 7.76. The minimum atomic E-state index is -0.948. The lowest BCUT2D eigenvalue weighted by Crippen LogP contribution is -2.27. The number of allylic oxidation sites excluding steroid dienone is 1. The fraction of sp³-hybridized carbons (Fsp3) is 0.304. The van der Waals surface area contributed by atoms with Crippen LogP contribution in [0, 0.1) is 0 Å². The predicted octanol–water partition coefficient (Wildman–Crippen LogP) is 4.84. The molecule has 29 heavy (non-hydrogen) atoms. The van der Waals surface area contributed by atoms with Crippen LogP contribution in [0.4, 0.5) is 5.69 Å². The van der Waals surface area contributed by atoms with Gasteiger partial charge in [0.25, 0.3) is 0 Å². The Bertz CT molecular complexity index is 873. The minimum Gasteiger partial charge on any atom is -0.491 e. The standard InChI is InChI=1S/C23H28N2O4/c1-5-22(19-8-7-9-21(16-19)29-15-14-28-4)25(6-2)17(3)24-20-12-10-18(11-13-20)23(26)27/h5,7-13,16H,6,14-15H2,1-4H3,(H,26,27)/b22-5-,24-17?. The van der Waals surface area contributed by atoms with Crippen LogP contribution in [0.2, 0.25) is 0 Å². The SMILES string of the molecule is C/C=C(/c1cccc(OCCOC)c1)N(CC)C(C)=Nc1ccc(C(=O)O)cc1. The largest absolute Gasteiger partial charge is 0.491 e. The molecule has 0 aliphatic rings. The van der Waals surface area contributed by atoms with Crippen LogP contribution in [-0.2, 0) is 4.74 Å². The first-order chi connectivity index (χ1) is 14.0. The molecule has 0 radical (unpaired) electrons. The van der Waals surface area contributed by atoms with Crippen molar-refractivity contribution in [1.82, 2.24) is 4.90 Å². The number of carboxylic acids is 1. The van der Waals surface area contributed by atoms with Crippen LogP contribution in [0.25, 0.3) is 5.70 Å². The fourth-order valence-electron chi connectivity index (χ4n) is 2.97. The second-order valence-corrected chi connectivity index (χ2v) is 6.30. The van der Waals surface area contributed by atoms with Crippen molar-refractivity contribution < 1.29 is 19.4 Å². The molecule has 0 bridgehead atoms. The summed E-state index contributed by atoms with van der Waals surface area (Å²) in [5, 5.41) is 9.04. The van der Waals surface area contributed by atoms with E-state index in [1.807, 2.05) is 44.2 Å². The molecule has 0 saturated carbocycles. The number of hydrogen-bond acceptors (Lipinski definition) is 4. The molecular formula is C23H28N2O4. The van der Waals surface area contributed by atoms with Gasteiger partial charge in [-0.25, -0.2) is 9.79 Å². The predicted molar refractivity (Wildman–Crippen MR) is 116 cm³/mol. The average molecular weight is 396 g/mol. The first kappa shape index (κ1) is 22.2. The van der Waals surface area contributed by atoms with Crippen molar-refractivity contribution in [1.29, 1.82) is 0 Å². The van der Waals surface area contributed by atoms with E-state index in [0.29, 0.717) is 18.9 Å². The highest BCUT2D eigenvalue weighted by Crippen LogP contribution is 2.25. The molecule has 2 aromatic carbocycles. The van der Waals surface area contributed by atoms with Gasteiger partial charge in [-0.1, -0.05) is 18.2 Å². The molecule has 0 amide bonds. The van der Waals surface area contributed by atoms with E-state index in [9.17, 15) is 4.79 Å². The van der Waals surface area contributed by atoms with Crippen molar-refractivity contribution in [2.24, 2.45) is 4.99 Å². The molecule has 0 heterocycles. The Morgan fingerprint density at radius 2 is 1.86 bits per heavy atom. The third kappa shape index (κ3) is 6.19. The smallest absolute Gasteiger partial charge is 0.335 e. The number of rotatable bonds is 9. The summed E-state index contributed by atoms with van der Waals surface area (Å²) in [7, 11) is 1.65. The lowest BCUT2D eigenvalue weighted by Gasteiger charge is -2.26. The van der Waals surface area contributed by atoms with Gasteiger partial charge >= 0.3 is 5.97 Å². The summed E-state index contributed by atoms with van der Waals surface area (Å²) in [5.74, 6) is 0.652. The van der Waals surface area contributed by atoms with E-state index in [1.165, 1.54) is 0 Å². The molecule has 0 aromatic heterocycles. The monoisotopic (exact) mass is 396 g/mol. The second-order valence-electron chi connectivity index (χ2n) is 6.30. The number of aliphatic imine (C=N–C) groups is 1. The third-order valence-corrected chi connectivity index (χ3v) is 4.36. The van der Waals surface area contributed by atoms with E-state index < -0.39 is 5.97 Å². The summed E-state index contributed by atoms with van der Waals surface area (Å²) < 4.78 is 10.8. The third-order valence-electron chi connectivity index (χ3n) is 4.36. The number of nitrogens with zero attached hydrogens (tertiary/aromatic N) is 2. The van der Waals surface area contributed by atoms with Crippen molar-refractivity contribution in [3.8, 4) is 5.75 Å². The Morgan fingerprint density at radius 1 is 1.14 bits per heavy atom. The minimum absolute atomic E-state index is 0.244. The summed E-state index contributed by atoms with van der Waals surface area (Å²) in [6.07, 6.45) is 2.05. The zero-order valence-corrected chi connectivity index (χ0v) is 17.4. The highest BCUT2D eigenvalue weighted by molar-refractivity contribution is 5.91. The maximum Gasteiger partial charge on any atom is 0.335 e. The van der Waals surface area contributed by atoms with Crippen LogP contribution in [0.1, 0.15) is 36.7 Å². The van der Waals surface area contributed by atoms with Crippen molar-refractivity contribution in [3.05, 3.63) is 65.7 Å². The second kappa shape index (κ2) is 11.0. The first-order valence-electron chi connectivity index (χ1n) is 9.54. The van der Waals surface area contributed by atoms with Crippen molar-refractivity contribution in [2.45, 2.75) is 20.8 Å². The molecule has 0 aliphatic heterocycles. The van der Waals surface area contributed by atoms with Crippen LogP contribution in [0.3, 0.4) is 0 Å². The molecule has 1 N–H and O–H groups in total. The number of carboxylic acid groups (broad SMARTS) is 1. The Kier molecular flexibility index (Phi) is 8.43. The van der Waals surface area contributed by atoms with Crippen LogP contribution < -0.4 is 4.74 Å². The van der Waals surface area contributed by atoms with Crippen LogP contribution in [0.15, 0.2) is 59.6 Å². The van der Waals surface area contributed by atoms with E-state index in [0.717, 1.165) is 29.4 Å². The van der Waals surface area contributed by atoms with Crippen LogP contribution >= 0.6 is 0 Å². The first-order valence-corrected chi connectivity index (χ1v) is 9.54. The van der Waals surface area contributed by atoms with Crippen molar-refractivity contribution in [2.75, 3.05) is 26.9 Å². The number of amidine groups is 1. The summed E-state index contributed by atoms with van der Waals surface area (Å²) >= 11 is 0. The molecule has 154 valence electrons. The summed E-state index contributed by atoms with van der Waals surface area (Å²) in [5.41, 5.74) is 3.00. The molecule has 0 saturated heterocycles.